The summed E-state index contributed by atoms with van der Waals surface area (Å²) in [4.78, 5) is 19.7. The van der Waals surface area contributed by atoms with Crippen LogP contribution in [0, 0.1) is 3.57 Å². The second-order valence-corrected chi connectivity index (χ2v) is 6.85. The zero-order valence-electron chi connectivity index (χ0n) is 12.2. The van der Waals surface area contributed by atoms with Crippen molar-refractivity contribution >= 4 is 22.6 Å². The average molecular weight is 386 g/mol. The van der Waals surface area contributed by atoms with Gasteiger partial charge in [-0.15, -0.1) is 0 Å². The molecule has 0 saturated carbocycles. The quantitative estimate of drug-likeness (QED) is 0.826. The Morgan fingerprint density at radius 1 is 1.40 bits per heavy atom. The Labute approximate surface area is 132 Å². The molecule has 0 aliphatic carbocycles. The number of rotatable bonds is 3. The lowest BCUT2D eigenvalue weighted by Crippen LogP contribution is -2.24. The van der Waals surface area contributed by atoms with Crippen LogP contribution in [0.4, 0.5) is 0 Å². The molecule has 0 atom stereocenters. The van der Waals surface area contributed by atoms with Crippen molar-refractivity contribution in [1.29, 1.82) is 0 Å². The van der Waals surface area contributed by atoms with Gasteiger partial charge in [0.25, 0.3) is 5.56 Å². The Kier molecular flexibility index (Phi) is 4.31. The Balaban J connectivity index is 2.61. The van der Waals surface area contributed by atoms with E-state index in [0.717, 1.165) is 24.4 Å². The molecule has 0 aliphatic heterocycles. The molecule has 0 bridgehead atoms. The van der Waals surface area contributed by atoms with Crippen molar-refractivity contribution in [3.63, 3.8) is 0 Å². The fourth-order valence-electron chi connectivity index (χ4n) is 2.00. The summed E-state index contributed by atoms with van der Waals surface area (Å²) in [6.07, 6.45) is 2.72. The first-order chi connectivity index (χ1) is 9.34. The van der Waals surface area contributed by atoms with Gasteiger partial charge in [0, 0.05) is 18.2 Å². The lowest BCUT2D eigenvalue weighted by Gasteiger charge is -2.19. The molecular weight excluding hydrogens is 367 g/mol. The fraction of sp³-hybridized carbons (Fsp3) is 0.500. The second kappa shape index (κ2) is 5.67. The first-order valence-corrected chi connectivity index (χ1v) is 7.75. The molecule has 2 heterocycles. The summed E-state index contributed by atoms with van der Waals surface area (Å²) in [5.41, 5.74) is 1.41. The van der Waals surface area contributed by atoms with Crippen LogP contribution in [0.15, 0.2) is 17.1 Å². The molecule has 0 spiro atoms. The lowest BCUT2D eigenvalue weighted by atomic mass is 9.92. The van der Waals surface area contributed by atoms with Crippen LogP contribution in [0.2, 0.25) is 0 Å². The SMILES string of the molecule is CCCn1nccc1-c1nc(C(C)(C)C)c(I)c(=O)[nH]1. The third-order valence-electron chi connectivity index (χ3n) is 2.97. The summed E-state index contributed by atoms with van der Waals surface area (Å²) in [5.74, 6) is 0.589. The van der Waals surface area contributed by atoms with Gasteiger partial charge in [-0.1, -0.05) is 27.7 Å². The summed E-state index contributed by atoms with van der Waals surface area (Å²) in [6.45, 7) is 9.08. The van der Waals surface area contributed by atoms with Gasteiger partial charge in [-0.3, -0.25) is 9.48 Å². The van der Waals surface area contributed by atoms with Gasteiger partial charge in [0.05, 0.1) is 5.69 Å². The minimum Gasteiger partial charge on any atom is -0.304 e. The van der Waals surface area contributed by atoms with Crippen molar-refractivity contribution in [2.24, 2.45) is 0 Å². The van der Waals surface area contributed by atoms with Crippen molar-refractivity contribution in [2.45, 2.75) is 46.1 Å². The number of aromatic nitrogens is 4. The predicted molar refractivity (Wildman–Crippen MR) is 87.8 cm³/mol. The largest absolute Gasteiger partial charge is 0.304 e. The van der Waals surface area contributed by atoms with Crippen molar-refractivity contribution in [3.05, 3.63) is 31.9 Å². The molecule has 2 rings (SSSR count). The average Bonchev–Trinajstić information content (AvgIpc) is 2.79. The third-order valence-corrected chi connectivity index (χ3v) is 3.97. The zero-order valence-corrected chi connectivity index (χ0v) is 14.4. The highest BCUT2D eigenvalue weighted by Gasteiger charge is 2.23. The molecular formula is C14H19IN4O. The number of aromatic amines is 1. The number of aryl methyl sites for hydroxylation is 1. The van der Waals surface area contributed by atoms with E-state index < -0.39 is 0 Å². The molecule has 0 amide bonds. The molecule has 0 saturated heterocycles. The summed E-state index contributed by atoms with van der Waals surface area (Å²) < 4.78 is 2.53. The maximum atomic E-state index is 12.1. The van der Waals surface area contributed by atoms with Crippen molar-refractivity contribution < 1.29 is 0 Å². The number of nitrogens with zero attached hydrogens (tertiary/aromatic N) is 3. The molecule has 0 aliphatic rings. The monoisotopic (exact) mass is 386 g/mol. The fourth-order valence-corrected chi connectivity index (χ4v) is 3.07. The third kappa shape index (κ3) is 2.94. The zero-order chi connectivity index (χ0) is 14.9. The molecule has 0 aromatic carbocycles. The van der Waals surface area contributed by atoms with Crippen LogP contribution in [-0.2, 0) is 12.0 Å². The van der Waals surface area contributed by atoms with E-state index in [0.29, 0.717) is 9.39 Å². The summed E-state index contributed by atoms with van der Waals surface area (Å²) in [5, 5.41) is 4.28. The molecule has 0 unspecified atom stereocenters. The Hall–Kier alpha value is -1.18. The minimum atomic E-state index is -0.171. The molecule has 1 N–H and O–H groups in total. The highest BCUT2D eigenvalue weighted by molar-refractivity contribution is 14.1. The standard InChI is InChI=1S/C14H19IN4O/c1-5-8-19-9(6-7-16-19)12-17-11(14(2,3)4)10(15)13(20)18-12/h6-7H,5,8H2,1-4H3,(H,17,18,20). The van der Waals surface area contributed by atoms with E-state index in [1.807, 2.05) is 10.7 Å². The highest BCUT2D eigenvalue weighted by Crippen LogP contribution is 2.25. The number of hydrogen-bond donors (Lipinski definition) is 1. The van der Waals surface area contributed by atoms with Crippen LogP contribution in [0.25, 0.3) is 11.5 Å². The van der Waals surface area contributed by atoms with E-state index in [4.69, 9.17) is 0 Å². The highest BCUT2D eigenvalue weighted by atomic mass is 127. The minimum absolute atomic E-state index is 0.0928. The molecule has 5 nitrogen and oxygen atoms in total. The van der Waals surface area contributed by atoms with Gasteiger partial charge in [-0.25, -0.2) is 4.98 Å². The first-order valence-electron chi connectivity index (χ1n) is 6.67. The van der Waals surface area contributed by atoms with Gasteiger partial charge in [-0.05, 0) is 35.1 Å². The molecule has 6 heteroatoms. The van der Waals surface area contributed by atoms with Crippen LogP contribution >= 0.6 is 22.6 Å². The number of nitrogens with one attached hydrogen (secondary N) is 1. The van der Waals surface area contributed by atoms with Gasteiger partial charge in [-0.2, -0.15) is 5.10 Å². The van der Waals surface area contributed by atoms with E-state index in [9.17, 15) is 4.79 Å². The number of hydrogen-bond acceptors (Lipinski definition) is 3. The molecule has 0 fully saturated rings. The van der Waals surface area contributed by atoms with Gasteiger partial charge in [0.1, 0.15) is 9.26 Å². The van der Waals surface area contributed by atoms with E-state index >= 15 is 0 Å². The second-order valence-electron chi connectivity index (χ2n) is 5.77. The van der Waals surface area contributed by atoms with E-state index in [2.05, 4.69) is 65.4 Å². The molecule has 108 valence electrons. The molecule has 20 heavy (non-hydrogen) atoms. The summed E-state index contributed by atoms with van der Waals surface area (Å²) >= 11 is 2.06. The Morgan fingerprint density at radius 3 is 2.70 bits per heavy atom. The Morgan fingerprint density at radius 2 is 2.10 bits per heavy atom. The number of halogens is 1. The first kappa shape index (κ1) is 15.2. The van der Waals surface area contributed by atoms with Crippen molar-refractivity contribution in [1.82, 2.24) is 19.7 Å². The summed E-state index contributed by atoms with van der Waals surface area (Å²) in [6, 6.07) is 1.88. The van der Waals surface area contributed by atoms with E-state index in [-0.39, 0.29) is 11.0 Å². The van der Waals surface area contributed by atoms with Crippen LogP contribution in [0.1, 0.15) is 39.8 Å². The van der Waals surface area contributed by atoms with Gasteiger partial charge >= 0.3 is 0 Å². The predicted octanol–water partition coefficient (Wildman–Crippen LogP) is 2.95. The smallest absolute Gasteiger partial charge is 0.264 e. The molecule has 0 radical (unpaired) electrons. The van der Waals surface area contributed by atoms with Crippen molar-refractivity contribution in [2.75, 3.05) is 0 Å². The normalized spacial score (nSPS) is 11.8. The number of H-pyrrole nitrogens is 1. The molecule has 2 aromatic rings. The van der Waals surface area contributed by atoms with Gasteiger partial charge in [0.15, 0.2) is 5.82 Å². The molecule has 2 aromatic heterocycles. The van der Waals surface area contributed by atoms with Gasteiger partial charge in [0.2, 0.25) is 0 Å². The van der Waals surface area contributed by atoms with Crippen LogP contribution in [0.5, 0.6) is 0 Å². The van der Waals surface area contributed by atoms with Crippen LogP contribution in [0.3, 0.4) is 0 Å². The van der Waals surface area contributed by atoms with Crippen LogP contribution < -0.4 is 5.56 Å². The van der Waals surface area contributed by atoms with E-state index in [1.54, 1.807) is 6.20 Å². The van der Waals surface area contributed by atoms with Gasteiger partial charge < -0.3 is 4.98 Å². The lowest BCUT2D eigenvalue weighted by molar-refractivity contribution is 0.559. The van der Waals surface area contributed by atoms with Crippen molar-refractivity contribution in [3.8, 4) is 11.5 Å². The van der Waals surface area contributed by atoms with E-state index in [1.165, 1.54) is 0 Å². The van der Waals surface area contributed by atoms with Crippen LogP contribution in [-0.4, -0.2) is 19.7 Å². The maximum Gasteiger partial charge on any atom is 0.264 e. The summed E-state index contributed by atoms with van der Waals surface area (Å²) in [7, 11) is 0. The topological polar surface area (TPSA) is 63.6 Å². The Bertz CT molecular complexity index is 667. The maximum absolute atomic E-state index is 12.1.